The van der Waals surface area contributed by atoms with Crippen molar-refractivity contribution in [2.24, 2.45) is 7.05 Å². The third-order valence-corrected chi connectivity index (χ3v) is 4.31. The van der Waals surface area contributed by atoms with Crippen LogP contribution in [0.15, 0.2) is 33.0 Å². The van der Waals surface area contributed by atoms with Crippen molar-refractivity contribution in [2.75, 3.05) is 11.9 Å². The van der Waals surface area contributed by atoms with Crippen molar-refractivity contribution in [3.63, 3.8) is 0 Å². The highest BCUT2D eigenvalue weighted by atomic mass is 32.2. The van der Waals surface area contributed by atoms with Crippen molar-refractivity contribution in [1.29, 1.82) is 0 Å². The van der Waals surface area contributed by atoms with Crippen molar-refractivity contribution in [3.8, 4) is 0 Å². The predicted octanol–water partition coefficient (Wildman–Crippen LogP) is 0.269. The van der Waals surface area contributed by atoms with Crippen LogP contribution in [0.1, 0.15) is 11.7 Å². The van der Waals surface area contributed by atoms with E-state index < -0.39 is 6.10 Å². The van der Waals surface area contributed by atoms with Crippen LogP contribution >= 0.6 is 11.8 Å². The number of nitrogens with one attached hydrogen (secondary N) is 1. The lowest BCUT2D eigenvalue weighted by molar-refractivity contribution is -0.125. The molecule has 1 unspecified atom stereocenters. The molecule has 2 heterocycles. The number of nitrogens with zero attached hydrogens (tertiary/aromatic N) is 3. The summed E-state index contributed by atoms with van der Waals surface area (Å²) in [6.45, 7) is 0. The van der Waals surface area contributed by atoms with Crippen LogP contribution in [0.5, 0.6) is 0 Å². The Balaban J connectivity index is 1.96. The fraction of sp³-hybridized carbons (Fsp3) is 0.250. The summed E-state index contributed by atoms with van der Waals surface area (Å²) in [5, 5.41) is 16.6. The lowest BCUT2D eigenvalue weighted by atomic mass is 10.1. The van der Waals surface area contributed by atoms with Crippen LogP contribution in [0.25, 0.3) is 0 Å². The van der Waals surface area contributed by atoms with Crippen LogP contribution in [0.4, 0.5) is 5.69 Å². The maximum Gasteiger partial charge on any atom is 0.343 e. The number of aliphatic hydroxyl groups excluding tert-OH is 1. The molecule has 0 fully saturated rings. The average Bonchev–Trinajstić information content (AvgIpc) is 2.86. The van der Waals surface area contributed by atoms with Gasteiger partial charge in [-0.05, 0) is 23.9 Å². The van der Waals surface area contributed by atoms with E-state index in [4.69, 9.17) is 0 Å². The minimum Gasteiger partial charge on any atom is -0.378 e. The quantitative estimate of drug-likeness (QED) is 0.829. The number of rotatable bonds is 2. The number of H-pyrrole nitrogens is 1. The molecule has 0 aliphatic carbocycles. The number of carbonyl (C=O) groups excluding carboxylic acids is 1. The first-order valence-electron chi connectivity index (χ1n) is 5.88. The molecule has 1 aliphatic heterocycles. The molecule has 1 amide bonds. The van der Waals surface area contributed by atoms with E-state index in [0.29, 0.717) is 16.4 Å². The highest BCUT2D eigenvalue weighted by molar-refractivity contribution is 7.99. The van der Waals surface area contributed by atoms with Gasteiger partial charge in [0, 0.05) is 24.6 Å². The van der Waals surface area contributed by atoms with Gasteiger partial charge in [-0.3, -0.25) is 9.36 Å². The summed E-state index contributed by atoms with van der Waals surface area (Å²) in [6.07, 6.45) is -1.09. The summed E-state index contributed by atoms with van der Waals surface area (Å²) in [4.78, 5) is 25.3. The number of fused-ring (bicyclic) bond motifs is 1. The molecule has 0 saturated carbocycles. The van der Waals surface area contributed by atoms with Crippen LogP contribution in [-0.4, -0.2) is 32.8 Å². The molecule has 3 rings (SSSR count). The molecule has 0 radical (unpaired) electrons. The molecular formula is C12H12N4O3S. The van der Waals surface area contributed by atoms with Crippen LogP contribution in [0.2, 0.25) is 0 Å². The third kappa shape index (κ3) is 1.84. The highest BCUT2D eigenvalue weighted by Crippen LogP contribution is 2.38. The second kappa shape index (κ2) is 4.50. The molecule has 7 nitrogen and oxygen atoms in total. The molecule has 20 heavy (non-hydrogen) atoms. The largest absolute Gasteiger partial charge is 0.378 e. The Kier molecular flexibility index (Phi) is 2.91. The first-order chi connectivity index (χ1) is 9.49. The molecule has 0 bridgehead atoms. The molecule has 104 valence electrons. The van der Waals surface area contributed by atoms with E-state index in [1.807, 2.05) is 0 Å². The first-order valence-corrected chi connectivity index (χ1v) is 6.69. The van der Waals surface area contributed by atoms with Gasteiger partial charge < -0.3 is 10.0 Å². The van der Waals surface area contributed by atoms with Gasteiger partial charge in [0.25, 0.3) is 5.91 Å². The smallest absolute Gasteiger partial charge is 0.343 e. The second-order valence-corrected chi connectivity index (χ2v) is 5.53. The van der Waals surface area contributed by atoms with Crippen molar-refractivity contribution < 1.29 is 9.90 Å². The lowest BCUT2D eigenvalue weighted by Crippen LogP contribution is -2.23. The van der Waals surface area contributed by atoms with Crippen LogP contribution in [-0.2, 0) is 11.8 Å². The van der Waals surface area contributed by atoms with Gasteiger partial charge in [0.15, 0.2) is 11.3 Å². The summed E-state index contributed by atoms with van der Waals surface area (Å²) in [5.74, 6) is -0.339. The minimum atomic E-state index is -1.09. The van der Waals surface area contributed by atoms with E-state index in [1.165, 1.54) is 21.2 Å². The van der Waals surface area contributed by atoms with Gasteiger partial charge in [0.2, 0.25) is 0 Å². The van der Waals surface area contributed by atoms with Crippen molar-refractivity contribution in [2.45, 2.75) is 16.2 Å². The van der Waals surface area contributed by atoms with Crippen LogP contribution in [0.3, 0.4) is 0 Å². The standard InChI is InChI=1S/C12H12N4O3S/c1-15-8-5-6(3-4-7(8)9(17)10(15)18)20-12-14-13-11(19)16(12)2/h3-5,9,17H,1-2H3,(H,13,19). The van der Waals surface area contributed by atoms with Gasteiger partial charge in [-0.15, -0.1) is 5.10 Å². The van der Waals surface area contributed by atoms with Crippen LogP contribution < -0.4 is 10.6 Å². The molecule has 2 N–H and O–H groups in total. The fourth-order valence-electron chi connectivity index (χ4n) is 2.07. The molecule has 1 atom stereocenters. The Morgan fingerprint density at radius 2 is 2.10 bits per heavy atom. The third-order valence-electron chi connectivity index (χ3n) is 3.27. The summed E-state index contributed by atoms with van der Waals surface area (Å²) >= 11 is 1.31. The van der Waals surface area contributed by atoms with Crippen molar-refractivity contribution in [3.05, 3.63) is 34.2 Å². The molecule has 1 aliphatic rings. The van der Waals surface area contributed by atoms with Gasteiger partial charge in [0.1, 0.15) is 0 Å². The maximum atomic E-state index is 11.7. The highest BCUT2D eigenvalue weighted by Gasteiger charge is 2.33. The predicted molar refractivity (Wildman–Crippen MR) is 72.8 cm³/mol. The molecule has 2 aromatic rings. The van der Waals surface area contributed by atoms with Crippen molar-refractivity contribution >= 4 is 23.4 Å². The van der Waals surface area contributed by atoms with E-state index in [2.05, 4.69) is 10.2 Å². The number of aliphatic hydroxyl groups is 1. The Morgan fingerprint density at radius 1 is 1.35 bits per heavy atom. The number of hydrogen-bond donors (Lipinski definition) is 2. The number of likely N-dealkylation sites (N-methyl/N-ethyl adjacent to an activating group) is 1. The van der Waals surface area contributed by atoms with E-state index in [-0.39, 0.29) is 11.6 Å². The first kappa shape index (κ1) is 12.9. The van der Waals surface area contributed by atoms with E-state index in [0.717, 1.165) is 4.90 Å². The number of aromatic nitrogens is 3. The van der Waals surface area contributed by atoms with E-state index in [1.54, 1.807) is 32.3 Å². The average molecular weight is 292 g/mol. The summed E-state index contributed by atoms with van der Waals surface area (Å²) in [5.41, 5.74) is 0.988. The normalized spacial score (nSPS) is 17.6. The Hall–Kier alpha value is -2.06. The molecular weight excluding hydrogens is 280 g/mol. The summed E-state index contributed by atoms with van der Waals surface area (Å²) in [6, 6.07) is 5.31. The lowest BCUT2D eigenvalue weighted by Gasteiger charge is -2.10. The number of hydrogen-bond acceptors (Lipinski definition) is 5. The summed E-state index contributed by atoms with van der Waals surface area (Å²) in [7, 11) is 3.25. The Bertz CT molecular complexity index is 751. The number of carbonyl (C=O) groups is 1. The van der Waals surface area contributed by atoms with Gasteiger partial charge >= 0.3 is 5.69 Å². The van der Waals surface area contributed by atoms with Gasteiger partial charge in [-0.25, -0.2) is 9.89 Å². The maximum absolute atomic E-state index is 11.7. The van der Waals surface area contributed by atoms with E-state index in [9.17, 15) is 14.7 Å². The minimum absolute atomic E-state index is 0.281. The molecule has 8 heteroatoms. The van der Waals surface area contributed by atoms with Gasteiger partial charge in [0.05, 0.1) is 5.69 Å². The SMILES string of the molecule is CN1C(=O)C(O)c2ccc(Sc3n[nH]c(=O)n3C)cc21. The molecule has 1 aromatic heterocycles. The Labute approximate surface area is 118 Å². The number of benzene rings is 1. The monoisotopic (exact) mass is 292 g/mol. The number of aromatic amines is 1. The summed E-state index contributed by atoms with van der Waals surface area (Å²) < 4.78 is 1.40. The number of amides is 1. The number of anilines is 1. The van der Waals surface area contributed by atoms with Gasteiger partial charge in [-0.2, -0.15) is 0 Å². The zero-order valence-electron chi connectivity index (χ0n) is 10.8. The van der Waals surface area contributed by atoms with Crippen molar-refractivity contribution in [1.82, 2.24) is 14.8 Å². The van der Waals surface area contributed by atoms with Crippen LogP contribution in [0, 0.1) is 0 Å². The zero-order chi connectivity index (χ0) is 14.4. The topological polar surface area (TPSA) is 91.2 Å². The molecule has 1 aromatic carbocycles. The fourth-order valence-corrected chi connectivity index (χ4v) is 2.90. The second-order valence-electron chi connectivity index (χ2n) is 4.49. The molecule has 0 saturated heterocycles. The zero-order valence-corrected chi connectivity index (χ0v) is 11.6. The molecule has 0 spiro atoms. The Morgan fingerprint density at radius 3 is 2.75 bits per heavy atom. The van der Waals surface area contributed by atoms with Gasteiger partial charge in [-0.1, -0.05) is 6.07 Å². The van der Waals surface area contributed by atoms with E-state index >= 15 is 0 Å².